The Bertz CT molecular complexity index is 856. The van der Waals surface area contributed by atoms with Crippen LogP contribution in [0.1, 0.15) is 20.7 Å². The number of halogens is 2. The summed E-state index contributed by atoms with van der Waals surface area (Å²) in [7, 11) is -4.15. The molecule has 0 saturated carbocycles. The molecule has 2 N–H and O–H groups in total. The topological polar surface area (TPSA) is 101 Å². The number of carbonyl (C=O) groups is 2. The summed E-state index contributed by atoms with van der Waals surface area (Å²) in [5, 5.41) is 8.65. The third-order valence-electron chi connectivity index (χ3n) is 2.83. The van der Waals surface area contributed by atoms with Crippen LogP contribution in [0.2, 0.25) is 0 Å². The van der Waals surface area contributed by atoms with Crippen LogP contribution in [-0.2, 0) is 10.0 Å². The van der Waals surface area contributed by atoms with E-state index in [4.69, 9.17) is 5.11 Å². The molecular formula is C14H9F2NO5S. The van der Waals surface area contributed by atoms with Crippen molar-refractivity contribution in [3.05, 3.63) is 59.2 Å². The van der Waals surface area contributed by atoms with Gasteiger partial charge in [-0.1, -0.05) is 12.1 Å². The van der Waals surface area contributed by atoms with Crippen LogP contribution in [0.25, 0.3) is 0 Å². The smallest absolute Gasteiger partial charge is 0.341 e. The van der Waals surface area contributed by atoms with E-state index >= 15 is 0 Å². The average Bonchev–Trinajstić information content (AvgIpc) is 2.45. The zero-order valence-corrected chi connectivity index (χ0v) is 12.1. The normalized spacial score (nSPS) is 11.0. The molecular weight excluding hydrogens is 332 g/mol. The van der Waals surface area contributed by atoms with E-state index in [1.54, 1.807) is 0 Å². The van der Waals surface area contributed by atoms with Crippen molar-refractivity contribution in [2.75, 3.05) is 4.72 Å². The fraction of sp³-hybridized carbons (Fsp3) is 0. The Kier molecular flexibility index (Phi) is 4.41. The summed E-state index contributed by atoms with van der Waals surface area (Å²) in [6.07, 6.45) is 0.527. The molecule has 6 nitrogen and oxygen atoms in total. The molecule has 23 heavy (non-hydrogen) atoms. The molecule has 0 amide bonds. The maximum Gasteiger partial charge on any atom is 0.341 e. The molecule has 9 heteroatoms. The first-order valence-corrected chi connectivity index (χ1v) is 7.53. The Labute approximate surface area is 129 Å². The van der Waals surface area contributed by atoms with Crippen molar-refractivity contribution in [1.82, 2.24) is 0 Å². The van der Waals surface area contributed by atoms with Crippen molar-refractivity contribution in [3.8, 4) is 0 Å². The highest BCUT2D eigenvalue weighted by molar-refractivity contribution is 7.92. The summed E-state index contributed by atoms with van der Waals surface area (Å²) >= 11 is 0. The molecule has 0 spiro atoms. The second-order valence-corrected chi connectivity index (χ2v) is 6.09. The van der Waals surface area contributed by atoms with Gasteiger partial charge in [0.25, 0.3) is 10.0 Å². The molecule has 2 rings (SSSR count). The largest absolute Gasteiger partial charge is 0.477 e. The highest BCUT2D eigenvalue weighted by Gasteiger charge is 2.20. The number of hydrogen-bond donors (Lipinski definition) is 2. The molecule has 0 aliphatic carbocycles. The third kappa shape index (κ3) is 3.51. The van der Waals surface area contributed by atoms with Crippen LogP contribution >= 0.6 is 0 Å². The van der Waals surface area contributed by atoms with E-state index < -0.39 is 38.9 Å². The minimum Gasteiger partial charge on any atom is -0.477 e. The molecule has 120 valence electrons. The number of hydrogen-bond acceptors (Lipinski definition) is 4. The van der Waals surface area contributed by atoms with Crippen LogP contribution in [0.5, 0.6) is 0 Å². The van der Waals surface area contributed by atoms with Gasteiger partial charge < -0.3 is 5.11 Å². The van der Waals surface area contributed by atoms with E-state index in [1.165, 1.54) is 12.1 Å². The lowest BCUT2D eigenvalue weighted by Crippen LogP contribution is -2.14. The van der Waals surface area contributed by atoms with Crippen LogP contribution in [-0.4, -0.2) is 25.8 Å². The number of nitrogens with one attached hydrogen (secondary N) is 1. The fourth-order valence-electron chi connectivity index (χ4n) is 1.78. The second kappa shape index (κ2) is 6.13. The van der Waals surface area contributed by atoms with Gasteiger partial charge in [-0.3, -0.25) is 9.52 Å². The Morgan fingerprint density at radius 1 is 1.09 bits per heavy atom. The predicted molar refractivity (Wildman–Crippen MR) is 76.0 cm³/mol. The summed E-state index contributed by atoms with van der Waals surface area (Å²) in [6, 6.07) is 5.93. The molecule has 2 aromatic rings. The van der Waals surface area contributed by atoms with Crippen LogP contribution in [0, 0.1) is 11.6 Å². The quantitative estimate of drug-likeness (QED) is 0.813. The molecule has 0 aliphatic heterocycles. The Balaban J connectivity index is 2.37. The first kappa shape index (κ1) is 16.6. The summed E-state index contributed by atoms with van der Waals surface area (Å²) in [5.74, 6) is -4.63. The number of aromatic carboxylic acids is 1. The zero-order valence-electron chi connectivity index (χ0n) is 11.3. The highest BCUT2D eigenvalue weighted by atomic mass is 32.2. The summed E-state index contributed by atoms with van der Waals surface area (Å²) in [6.45, 7) is 0. The third-order valence-corrected chi connectivity index (χ3v) is 4.23. The number of carbonyl (C=O) groups excluding carboxylic acids is 1. The molecule has 0 aliphatic rings. The van der Waals surface area contributed by atoms with E-state index in [0.29, 0.717) is 18.4 Å². The van der Waals surface area contributed by atoms with E-state index in [9.17, 15) is 26.8 Å². The van der Waals surface area contributed by atoms with Crippen molar-refractivity contribution < 1.29 is 31.9 Å². The highest BCUT2D eigenvalue weighted by Crippen LogP contribution is 2.22. The zero-order chi connectivity index (χ0) is 17.2. The van der Waals surface area contributed by atoms with Crippen LogP contribution < -0.4 is 4.72 Å². The molecule has 0 unspecified atom stereocenters. The molecule has 0 heterocycles. The van der Waals surface area contributed by atoms with E-state index in [1.807, 2.05) is 4.72 Å². The second-order valence-electron chi connectivity index (χ2n) is 4.41. The number of aldehydes is 1. The fourth-order valence-corrected chi connectivity index (χ4v) is 2.82. The molecule has 0 saturated heterocycles. The van der Waals surface area contributed by atoms with Crippen LogP contribution in [0.3, 0.4) is 0 Å². The van der Waals surface area contributed by atoms with E-state index in [-0.39, 0.29) is 10.5 Å². The first-order valence-electron chi connectivity index (χ1n) is 6.05. The number of rotatable bonds is 5. The number of carboxylic acid groups (broad SMARTS) is 1. The summed E-state index contributed by atoms with van der Waals surface area (Å²) < 4.78 is 53.2. The van der Waals surface area contributed by atoms with Gasteiger partial charge in [-0.05, 0) is 24.3 Å². The molecule has 0 radical (unpaired) electrons. The van der Waals surface area contributed by atoms with Gasteiger partial charge in [-0.25, -0.2) is 22.0 Å². The molecule has 0 bridgehead atoms. The molecule has 0 fully saturated rings. The number of benzene rings is 2. The first-order chi connectivity index (χ1) is 10.7. The summed E-state index contributed by atoms with van der Waals surface area (Å²) in [5.41, 5.74) is -1.39. The Morgan fingerprint density at radius 2 is 1.61 bits per heavy atom. The Hall–Kier alpha value is -2.81. The molecule has 0 aromatic heterocycles. The maximum absolute atomic E-state index is 13.5. The van der Waals surface area contributed by atoms with Crippen molar-refractivity contribution in [1.29, 1.82) is 0 Å². The summed E-state index contributed by atoms with van der Waals surface area (Å²) in [4.78, 5) is 21.0. The van der Waals surface area contributed by atoms with Gasteiger partial charge in [0.2, 0.25) is 0 Å². The lowest BCUT2D eigenvalue weighted by molar-refractivity contribution is 0.0686. The average molecular weight is 341 g/mol. The van der Waals surface area contributed by atoms with Crippen molar-refractivity contribution in [3.63, 3.8) is 0 Å². The van der Waals surface area contributed by atoms with E-state index in [2.05, 4.69) is 0 Å². The van der Waals surface area contributed by atoms with Gasteiger partial charge >= 0.3 is 5.97 Å². The SMILES string of the molecule is O=Cc1ccc(S(=O)(=O)Nc2cc(F)c(C(=O)O)c(F)c2)cc1. The van der Waals surface area contributed by atoms with Crippen molar-refractivity contribution in [2.45, 2.75) is 4.90 Å². The van der Waals surface area contributed by atoms with Gasteiger partial charge in [0, 0.05) is 5.56 Å². The monoisotopic (exact) mass is 341 g/mol. The Morgan fingerprint density at radius 3 is 2.04 bits per heavy atom. The van der Waals surface area contributed by atoms with Gasteiger partial charge in [-0.15, -0.1) is 0 Å². The standard InChI is InChI=1S/C14H9F2NO5S/c15-11-5-9(6-12(16)13(11)14(19)20)17-23(21,22)10-3-1-8(7-18)2-4-10/h1-7,17H,(H,19,20). The van der Waals surface area contributed by atoms with Crippen LogP contribution in [0.15, 0.2) is 41.3 Å². The molecule has 0 atom stereocenters. The minimum absolute atomic E-state index is 0.230. The number of carboxylic acids is 1. The minimum atomic E-state index is -4.15. The predicted octanol–water partition coefficient (Wildman–Crippen LogP) is 2.28. The number of anilines is 1. The van der Waals surface area contributed by atoms with Gasteiger partial charge in [-0.2, -0.15) is 0 Å². The van der Waals surface area contributed by atoms with Crippen LogP contribution in [0.4, 0.5) is 14.5 Å². The lowest BCUT2D eigenvalue weighted by atomic mass is 10.2. The van der Waals surface area contributed by atoms with E-state index in [0.717, 1.165) is 12.1 Å². The number of sulfonamides is 1. The van der Waals surface area contributed by atoms with Crippen molar-refractivity contribution >= 4 is 28.0 Å². The van der Waals surface area contributed by atoms with Gasteiger partial charge in [0.1, 0.15) is 23.5 Å². The molecule has 2 aromatic carbocycles. The van der Waals surface area contributed by atoms with Gasteiger partial charge in [0.05, 0.1) is 10.6 Å². The lowest BCUT2D eigenvalue weighted by Gasteiger charge is -2.09. The van der Waals surface area contributed by atoms with Crippen molar-refractivity contribution in [2.24, 2.45) is 0 Å². The van der Waals surface area contributed by atoms with Gasteiger partial charge in [0.15, 0.2) is 0 Å². The maximum atomic E-state index is 13.5.